The van der Waals surface area contributed by atoms with Crippen LogP contribution < -0.4 is 21.5 Å². The van der Waals surface area contributed by atoms with Gasteiger partial charge >= 0.3 is 0 Å². The number of carbonyl (C=O) groups excluding carboxylic acids is 2. The molecule has 2 aromatic rings. The number of hydrogen-bond donors (Lipinski definition) is 2. The van der Waals surface area contributed by atoms with Gasteiger partial charge < -0.3 is 16.0 Å². The summed E-state index contributed by atoms with van der Waals surface area (Å²) in [7, 11) is 0. The summed E-state index contributed by atoms with van der Waals surface area (Å²) in [4.78, 5) is 27.8. The second kappa shape index (κ2) is 14.3. The fourth-order valence-corrected chi connectivity index (χ4v) is 5.34. The van der Waals surface area contributed by atoms with E-state index in [-0.39, 0.29) is 42.4 Å². The van der Waals surface area contributed by atoms with Crippen molar-refractivity contribution in [3.8, 4) is 0 Å². The lowest BCUT2D eigenvalue weighted by molar-refractivity contribution is 0.0948. The highest BCUT2D eigenvalue weighted by Crippen LogP contribution is 2.31. The van der Waals surface area contributed by atoms with E-state index in [1.54, 1.807) is 24.3 Å². The maximum absolute atomic E-state index is 13.5. The predicted octanol–water partition coefficient (Wildman–Crippen LogP) is 4.96. The Morgan fingerprint density at radius 2 is 1.95 bits per heavy atom. The number of carbonyl (C=O) groups is 2. The van der Waals surface area contributed by atoms with Crippen molar-refractivity contribution in [2.75, 3.05) is 25.4 Å². The van der Waals surface area contributed by atoms with Crippen molar-refractivity contribution >= 4 is 47.3 Å². The average molecular weight is 578 g/mol. The first-order valence-corrected chi connectivity index (χ1v) is 14.8. The number of ketones is 1. The molecule has 0 spiro atoms. The first-order chi connectivity index (χ1) is 18.5. The van der Waals surface area contributed by atoms with Gasteiger partial charge in [-0.3, -0.25) is 9.59 Å². The lowest BCUT2D eigenvalue weighted by atomic mass is 9.97. The van der Waals surface area contributed by atoms with Crippen LogP contribution in [0.15, 0.2) is 36.4 Å². The molecule has 2 aromatic carbocycles. The van der Waals surface area contributed by atoms with Crippen LogP contribution in [0.2, 0.25) is 5.02 Å². The first-order valence-electron chi connectivity index (χ1n) is 13.4. The Bertz CT molecular complexity index is 1270. The number of nitrogens with zero attached hydrogens (tertiary/aromatic N) is 1. The molecule has 0 bridgehead atoms. The summed E-state index contributed by atoms with van der Waals surface area (Å²) < 4.78 is 26.9. The maximum Gasteiger partial charge on any atom is 0.293 e. The Morgan fingerprint density at radius 1 is 1.23 bits per heavy atom. The van der Waals surface area contributed by atoms with E-state index in [0.29, 0.717) is 53.8 Å². The van der Waals surface area contributed by atoms with E-state index in [1.807, 2.05) is 19.1 Å². The number of alkyl halides is 2. The second-order valence-electron chi connectivity index (χ2n) is 10.1. The standard InChI is InChI=1S/C30H38ClF2N3O2S/c1-4-30(32,33)39-14-13-35-29(38)27-16-25-19-36(21(3)5-7-24(25)15-20(27)2)18-22(17-34)6-12-28(37)23-8-10-26(31)11-9-23/h7-11,15-16,19,21-22H,4-6,12-14,17-18,34H2,1-3H3,(H,35,38). The Labute approximate surface area is 238 Å². The summed E-state index contributed by atoms with van der Waals surface area (Å²) in [5.74, 6) is 0.0598. The van der Waals surface area contributed by atoms with Gasteiger partial charge in [-0.15, -0.1) is 0 Å². The summed E-state index contributed by atoms with van der Waals surface area (Å²) in [6.07, 6.45) is 5.92. The molecule has 5 nitrogen and oxygen atoms in total. The van der Waals surface area contributed by atoms with Crippen LogP contribution >= 0.6 is 23.4 Å². The van der Waals surface area contributed by atoms with Gasteiger partial charge in [-0.1, -0.05) is 42.4 Å². The topological polar surface area (TPSA) is 75.4 Å². The Morgan fingerprint density at radius 3 is 2.62 bits per heavy atom. The van der Waals surface area contributed by atoms with Crippen molar-refractivity contribution in [1.82, 2.24) is 10.2 Å². The van der Waals surface area contributed by atoms with Gasteiger partial charge in [0.1, 0.15) is 0 Å². The SMILES string of the molecule is CCC(F)(F)SCCNC(=O)c1cc2c(cc1C)=CCC(C)N(CC(CN)CCC(=O)c1ccc(Cl)cc1)C=2. The molecule has 0 radical (unpaired) electrons. The number of aryl methyl sites for hydroxylation is 1. The van der Waals surface area contributed by atoms with Crippen LogP contribution in [0.3, 0.4) is 0 Å². The largest absolute Gasteiger partial charge is 0.374 e. The van der Waals surface area contributed by atoms with E-state index >= 15 is 0 Å². The molecule has 212 valence electrons. The zero-order chi connectivity index (χ0) is 28.6. The van der Waals surface area contributed by atoms with Crippen LogP contribution in [0.5, 0.6) is 0 Å². The van der Waals surface area contributed by atoms with Crippen molar-refractivity contribution < 1.29 is 18.4 Å². The fraction of sp³-hybridized carbons (Fsp3) is 0.467. The molecule has 9 heteroatoms. The van der Waals surface area contributed by atoms with Gasteiger partial charge in [0.2, 0.25) is 0 Å². The normalized spacial score (nSPS) is 16.0. The highest BCUT2D eigenvalue weighted by atomic mass is 35.5. The van der Waals surface area contributed by atoms with Gasteiger partial charge in [-0.05, 0) is 85.5 Å². The van der Waals surface area contributed by atoms with Crippen molar-refractivity contribution in [2.24, 2.45) is 11.7 Å². The molecule has 0 aromatic heterocycles. The summed E-state index contributed by atoms with van der Waals surface area (Å²) in [6.45, 7) is 6.79. The molecule has 1 aliphatic rings. The van der Waals surface area contributed by atoms with E-state index in [4.69, 9.17) is 17.3 Å². The van der Waals surface area contributed by atoms with Crippen LogP contribution in [-0.2, 0) is 0 Å². The summed E-state index contributed by atoms with van der Waals surface area (Å²) >= 11 is 6.49. The number of nitrogens with one attached hydrogen (secondary N) is 1. The Balaban J connectivity index is 1.70. The van der Waals surface area contributed by atoms with Crippen molar-refractivity contribution in [2.45, 2.75) is 57.8 Å². The third kappa shape index (κ3) is 9.05. The van der Waals surface area contributed by atoms with Gasteiger partial charge in [0.15, 0.2) is 5.78 Å². The smallest absolute Gasteiger partial charge is 0.293 e. The van der Waals surface area contributed by atoms with E-state index in [9.17, 15) is 18.4 Å². The molecule has 0 saturated carbocycles. The van der Waals surface area contributed by atoms with Gasteiger partial charge in [0, 0.05) is 60.1 Å². The number of Topliss-reactive ketones (excluding diaryl/α,β-unsaturated/α-hetero) is 1. The van der Waals surface area contributed by atoms with E-state index in [2.05, 4.69) is 29.4 Å². The van der Waals surface area contributed by atoms with Gasteiger partial charge in [0.05, 0.1) is 0 Å². The van der Waals surface area contributed by atoms with Crippen molar-refractivity contribution in [1.29, 1.82) is 0 Å². The van der Waals surface area contributed by atoms with Crippen LogP contribution in [-0.4, -0.2) is 53.3 Å². The minimum atomic E-state index is -2.78. The Kier molecular flexibility index (Phi) is 11.4. The molecule has 3 N–H and O–H groups in total. The van der Waals surface area contributed by atoms with Crippen molar-refractivity contribution in [3.63, 3.8) is 0 Å². The fourth-order valence-electron chi connectivity index (χ4n) is 4.51. The van der Waals surface area contributed by atoms with E-state index in [1.165, 1.54) is 6.92 Å². The lowest BCUT2D eigenvalue weighted by Gasteiger charge is -2.30. The predicted molar refractivity (Wildman–Crippen MR) is 158 cm³/mol. The van der Waals surface area contributed by atoms with Crippen LogP contribution in [0, 0.1) is 12.8 Å². The minimum absolute atomic E-state index is 0.0691. The van der Waals surface area contributed by atoms with Gasteiger partial charge in [-0.25, -0.2) is 0 Å². The number of benzene rings is 2. The Hall–Kier alpha value is -2.42. The molecule has 1 amide bonds. The zero-order valence-corrected chi connectivity index (χ0v) is 24.4. The number of hydrogen-bond acceptors (Lipinski definition) is 5. The molecule has 2 unspecified atom stereocenters. The van der Waals surface area contributed by atoms with E-state index < -0.39 is 5.25 Å². The van der Waals surface area contributed by atoms with Gasteiger partial charge in [-0.2, -0.15) is 8.78 Å². The van der Waals surface area contributed by atoms with Crippen LogP contribution in [0.25, 0.3) is 12.3 Å². The number of thioether (sulfide) groups is 1. The molecule has 2 atom stereocenters. The van der Waals surface area contributed by atoms with Crippen molar-refractivity contribution in [3.05, 3.63) is 68.5 Å². The number of amides is 1. The number of nitrogens with two attached hydrogens (primary N) is 1. The molecule has 3 rings (SSSR count). The zero-order valence-electron chi connectivity index (χ0n) is 22.8. The molecular weight excluding hydrogens is 540 g/mol. The van der Waals surface area contributed by atoms with E-state index in [0.717, 1.165) is 22.4 Å². The van der Waals surface area contributed by atoms with Crippen LogP contribution in [0.4, 0.5) is 8.78 Å². The number of rotatable bonds is 13. The number of halogens is 3. The average Bonchev–Trinajstić information content (AvgIpc) is 3.06. The summed E-state index contributed by atoms with van der Waals surface area (Å²) in [6, 6.07) is 11.0. The molecular formula is C30H38ClF2N3O2S. The van der Waals surface area contributed by atoms with Gasteiger partial charge in [0.25, 0.3) is 11.2 Å². The summed E-state index contributed by atoms with van der Waals surface area (Å²) in [5.41, 5.74) is 8.13. The third-order valence-corrected chi connectivity index (χ3v) is 8.46. The highest BCUT2D eigenvalue weighted by molar-refractivity contribution is 8.00. The second-order valence-corrected chi connectivity index (χ2v) is 11.8. The molecule has 1 heterocycles. The highest BCUT2D eigenvalue weighted by Gasteiger charge is 2.26. The first kappa shape index (κ1) is 31.1. The quantitative estimate of drug-likeness (QED) is 0.260. The lowest BCUT2D eigenvalue weighted by Crippen LogP contribution is -2.37. The molecule has 39 heavy (non-hydrogen) atoms. The van der Waals surface area contributed by atoms with Crippen LogP contribution in [0.1, 0.15) is 65.8 Å². The monoisotopic (exact) mass is 577 g/mol. The molecule has 0 saturated heterocycles. The number of fused-ring (bicyclic) bond motifs is 1. The molecule has 1 aliphatic heterocycles. The third-order valence-electron chi connectivity index (χ3n) is 7.09. The maximum atomic E-state index is 13.5. The minimum Gasteiger partial charge on any atom is -0.374 e. The summed E-state index contributed by atoms with van der Waals surface area (Å²) in [5, 5.41) is 2.58. The molecule has 0 aliphatic carbocycles. The molecule has 0 fully saturated rings.